The van der Waals surface area contributed by atoms with Crippen molar-refractivity contribution in [3.8, 4) is 17.2 Å². The zero-order chi connectivity index (χ0) is 25.1. The molecule has 1 aliphatic carbocycles. The molecule has 1 fully saturated rings. The first-order valence-electron chi connectivity index (χ1n) is 12.9. The average molecular weight is 491 g/mol. The summed E-state index contributed by atoms with van der Waals surface area (Å²) in [5.74, 6) is 0.884. The second-order valence-corrected chi connectivity index (χ2v) is 10.0. The molecule has 36 heavy (non-hydrogen) atoms. The van der Waals surface area contributed by atoms with Gasteiger partial charge in [-0.05, 0) is 38.0 Å². The summed E-state index contributed by atoms with van der Waals surface area (Å²) in [5, 5.41) is 7.94. The maximum absolute atomic E-state index is 13.9. The number of rotatable bonds is 6. The summed E-state index contributed by atoms with van der Waals surface area (Å²) in [4.78, 5) is 29.5. The minimum atomic E-state index is -1.13. The highest BCUT2D eigenvalue weighted by molar-refractivity contribution is 6.00. The summed E-state index contributed by atoms with van der Waals surface area (Å²) in [6.45, 7) is 2.34. The molecule has 5 rings (SSSR count). The Bertz CT molecular complexity index is 1210. The van der Waals surface area contributed by atoms with Gasteiger partial charge in [0.15, 0.2) is 5.76 Å². The van der Waals surface area contributed by atoms with E-state index in [1.165, 1.54) is 19.3 Å². The Kier molecular flexibility index (Phi) is 6.85. The molecule has 0 unspecified atom stereocenters. The number of nitrogens with zero attached hydrogens (tertiary/aromatic N) is 3. The molecule has 0 bridgehead atoms. The summed E-state index contributed by atoms with van der Waals surface area (Å²) >= 11 is 0. The fourth-order valence-electron chi connectivity index (χ4n) is 5.38. The first-order valence-corrected chi connectivity index (χ1v) is 12.9. The molecule has 0 radical (unpaired) electrons. The number of amides is 2. The number of carbonyl (C=O) groups is 2. The lowest BCUT2D eigenvalue weighted by Gasteiger charge is -2.44. The van der Waals surface area contributed by atoms with E-state index in [1.54, 1.807) is 35.1 Å². The third-order valence-corrected chi connectivity index (χ3v) is 7.52. The molecule has 1 N–H and O–H groups in total. The zero-order valence-electron chi connectivity index (χ0n) is 21.0. The summed E-state index contributed by atoms with van der Waals surface area (Å²) < 4.78 is 12.7. The lowest BCUT2D eigenvalue weighted by atomic mass is 9.91. The molecule has 1 aliphatic heterocycles. The second kappa shape index (κ2) is 10.2. The number of methoxy groups -OCH3 is 1. The van der Waals surface area contributed by atoms with Crippen molar-refractivity contribution in [3.63, 3.8) is 0 Å². The van der Waals surface area contributed by atoms with Crippen molar-refractivity contribution >= 4 is 11.8 Å². The predicted molar refractivity (Wildman–Crippen MR) is 135 cm³/mol. The first-order chi connectivity index (χ1) is 17.5. The Morgan fingerprint density at radius 2 is 1.89 bits per heavy atom. The summed E-state index contributed by atoms with van der Waals surface area (Å²) in [7, 11) is 1.61. The van der Waals surface area contributed by atoms with Crippen LogP contribution in [0.2, 0.25) is 0 Å². The maximum Gasteiger partial charge on any atom is 0.273 e. The standard InChI is InChI=1S/C28H34N4O4/c1-28(27(34)29-21-12-6-4-3-5-7-13-21)19-32-23(17-22(30-32)25-15-10-16-36-25)26(33)31(28)18-20-11-8-9-14-24(20)35-2/h8-11,14-17,21H,3-7,12-13,18-19H2,1-2H3,(H,29,34)/t28-/m1/s1. The van der Waals surface area contributed by atoms with Gasteiger partial charge in [-0.15, -0.1) is 0 Å². The number of benzene rings is 1. The van der Waals surface area contributed by atoms with Crippen molar-refractivity contribution in [3.05, 3.63) is 60.0 Å². The maximum atomic E-state index is 13.9. The Labute approximate surface area is 211 Å². The Morgan fingerprint density at radius 3 is 2.61 bits per heavy atom. The fraction of sp³-hybridized carbons (Fsp3) is 0.464. The number of furan rings is 1. The number of aromatic nitrogens is 2. The number of hydrogen-bond donors (Lipinski definition) is 1. The number of fused-ring (bicyclic) bond motifs is 1. The quantitative estimate of drug-likeness (QED) is 0.536. The number of carbonyl (C=O) groups excluding carboxylic acids is 2. The molecular weight excluding hydrogens is 456 g/mol. The lowest BCUT2D eigenvalue weighted by Crippen LogP contribution is -2.64. The summed E-state index contributed by atoms with van der Waals surface area (Å²) in [6.07, 6.45) is 9.41. The van der Waals surface area contributed by atoms with Crippen LogP contribution < -0.4 is 10.1 Å². The molecule has 1 saturated carbocycles. The predicted octanol–water partition coefficient (Wildman–Crippen LogP) is 4.80. The number of ether oxygens (including phenoxy) is 1. The number of nitrogens with one attached hydrogen (secondary N) is 1. The van der Waals surface area contributed by atoms with Gasteiger partial charge in [0.1, 0.15) is 22.7 Å². The number of hydrogen-bond acceptors (Lipinski definition) is 5. The molecule has 8 heteroatoms. The van der Waals surface area contributed by atoms with Crippen LogP contribution in [0.3, 0.4) is 0 Å². The van der Waals surface area contributed by atoms with Gasteiger partial charge in [-0.1, -0.05) is 50.3 Å². The second-order valence-electron chi connectivity index (χ2n) is 10.0. The highest BCUT2D eigenvalue weighted by Gasteiger charge is 2.48. The number of para-hydroxylation sites is 1. The highest BCUT2D eigenvalue weighted by Crippen LogP contribution is 2.33. The van der Waals surface area contributed by atoms with Crippen molar-refractivity contribution < 1.29 is 18.7 Å². The minimum Gasteiger partial charge on any atom is -0.496 e. The van der Waals surface area contributed by atoms with Crippen molar-refractivity contribution in [2.45, 2.75) is 76.5 Å². The molecule has 2 aliphatic rings. The van der Waals surface area contributed by atoms with Crippen molar-refractivity contribution in [2.24, 2.45) is 0 Å². The van der Waals surface area contributed by atoms with Gasteiger partial charge in [0, 0.05) is 17.7 Å². The molecule has 8 nitrogen and oxygen atoms in total. The first kappa shape index (κ1) is 24.2. The highest BCUT2D eigenvalue weighted by atomic mass is 16.5. The third-order valence-electron chi connectivity index (χ3n) is 7.52. The molecular formula is C28H34N4O4. The lowest BCUT2D eigenvalue weighted by molar-refractivity contribution is -0.134. The van der Waals surface area contributed by atoms with Crippen LogP contribution in [0.25, 0.3) is 11.5 Å². The average Bonchev–Trinajstić information content (AvgIpc) is 3.54. The van der Waals surface area contributed by atoms with E-state index in [1.807, 2.05) is 37.3 Å². The molecule has 3 heterocycles. The topological polar surface area (TPSA) is 89.6 Å². The monoisotopic (exact) mass is 490 g/mol. The Morgan fingerprint density at radius 1 is 1.14 bits per heavy atom. The van der Waals surface area contributed by atoms with Gasteiger partial charge >= 0.3 is 0 Å². The summed E-state index contributed by atoms with van der Waals surface area (Å²) in [6, 6.07) is 13.1. The van der Waals surface area contributed by atoms with Gasteiger partial charge in [0.2, 0.25) is 5.91 Å². The van der Waals surface area contributed by atoms with Crippen molar-refractivity contribution in [1.29, 1.82) is 0 Å². The van der Waals surface area contributed by atoms with Crippen LogP contribution in [0.5, 0.6) is 5.75 Å². The molecule has 2 aromatic heterocycles. The smallest absolute Gasteiger partial charge is 0.273 e. The molecule has 1 atom stereocenters. The van der Waals surface area contributed by atoms with Crippen molar-refractivity contribution in [1.82, 2.24) is 20.0 Å². The van der Waals surface area contributed by atoms with Gasteiger partial charge in [-0.25, -0.2) is 0 Å². The molecule has 0 spiro atoms. The van der Waals surface area contributed by atoms with Crippen LogP contribution in [0, 0.1) is 0 Å². The third kappa shape index (κ3) is 4.64. The zero-order valence-corrected chi connectivity index (χ0v) is 21.0. The van der Waals surface area contributed by atoms with E-state index in [0.29, 0.717) is 22.9 Å². The van der Waals surface area contributed by atoms with E-state index in [0.717, 1.165) is 31.2 Å². The van der Waals surface area contributed by atoms with E-state index >= 15 is 0 Å². The molecule has 2 amide bonds. The molecule has 190 valence electrons. The summed E-state index contributed by atoms with van der Waals surface area (Å²) in [5.41, 5.74) is 0.732. The van der Waals surface area contributed by atoms with Crippen LogP contribution >= 0.6 is 0 Å². The van der Waals surface area contributed by atoms with Gasteiger partial charge in [-0.2, -0.15) is 5.10 Å². The Balaban J connectivity index is 1.49. The largest absolute Gasteiger partial charge is 0.496 e. The van der Waals surface area contributed by atoms with Crippen LogP contribution in [0.4, 0.5) is 0 Å². The minimum absolute atomic E-state index is 0.121. The SMILES string of the molecule is COc1ccccc1CN1C(=O)c2cc(-c3ccco3)nn2C[C@]1(C)C(=O)NC1CCCCCCC1. The van der Waals surface area contributed by atoms with Gasteiger partial charge in [-0.3, -0.25) is 14.3 Å². The fourth-order valence-corrected chi connectivity index (χ4v) is 5.38. The van der Waals surface area contributed by atoms with Gasteiger partial charge in [0.25, 0.3) is 5.91 Å². The van der Waals surface area contributed by atoms with Gasteiger partial charge in [0.05, 0.1) is 26.5 Å². The molecule has 0 saturated heterocycles. The van der Waals surface area contributed by atoms with Crippen LogP contribution in [-0.4, -0.2) is 45.2 Å². The van der Waals surface area contributed by atoms with E-state index in [2.05, 4.69) is 10.4 Å². The molecule has 1 aromatic carbocycles. The van der Waals surface area contributed by atoms with Crippen LogP contribution in [0.1, 0.15) is 67.9 Å². The van der Waals surface area contributed by atoms with Crippen LogP contribution in [-0.2, 0) is 17.9 Å². The van der Waals surface area contributed by atoms with E-state index < -0.39 is 5.54 Å². The van der Waals surface area contributed by atoms with Crippen molar-refractivity contribution in [2.75, 3.05) is 7.11 Å². The molecule has 3 aromatic rings. The van der Waals surface area contributed by atoms with E-state index in [9.17, 15) is 9.59 Å². The van der Waals surface area contributed by atoms with Crippen LogP contribution in [0.15, 0.2) is 53.1 Å². The normalized spacial score (nSPS) is 20.9. The van der Waals surface area contributed by atoms with Gasteiger partial charge < -0.3 is 19.4 Å². The Hall–Kier alpha value is -3.55. The van der Waals surface area contributed by atoms with E-state index in [4.69, 9.17) is 9.15 Å². The van der Waals surface area contributed by atoms with E-state index in [-0.39, 0.29) is 30.9 Å².